The van der Waals surface area contributed by atoms with Crippen molar-refractivity contribution in [2.75, 3.05) is 5.32 Å². The predicted octanol–water partition coefficient (Wildman–Crippen LogP) is 2.24. The van der Waals surface area contributed by atoms with Crippen LogP contribution in [0.5, 0.6) is 0 Å². The van der Waals surface area contributed by atoms with E-state index < -0.39 is 5.97 Å². The molecule has 2 N–H and O–H groups in total. The SMILES string of the molecule is O=C(O)Cn1ccnc(NC2CC3(CCCCCC3)C2)c1=O. The van der Waals surface area contributed by atoms with E-state index >= 15 is 0 Å². The molecule has 22 heavy (non-hydrogen) atoms. The van der Waals surface area contributed by atoms with Crippen molar-refractivity contribution in [1.29, 1.82) is 0 Å². The second-order valence-electron chi connectivity index (χ2n) is 6.77. The minimum Gasteiger partial charge on any atom is -0.480 e. The molecule has 0 amide bonds. The fraction of sp³-hybridized carbons (Fsp3) is 0.688. The van der Waals surface area contributed by atoms with Crippen LogP contribution in [0, 0.1) is 5.41 Å². The van der Waals surface area contributed by atoms with Gasteiger partial charge in [0, 0.05) is 18.4 Å². The summed E-state index contributed by atoms with van der Waals surface area (Å²) in [4.78, 5) is 27.0. The molecule has 1 aromatic heterocycles. The molecule has 0 aliphatic heterocycles. The van der Waals surface area contributed by atoms with Crippen molar-refractivity contribution >= 4 is 11.8 Å². The number of hydrogen-bond donors (Lipinski definition) is 2. The summed E-state index contributed by atoms with van der Waals surface area (Å²) in [7, 11) is 0. The first-order chi connectivity index (χ1) is 10.6. The number of aliphatic carboxylic acids is 1. The molecule has 1 aromatic rings. The first-order valence-corrected chi connectivity index (χ1v) is 8.12. The monoisotopic (exact) mass is 305 g/mol. The zero-order valence-electron chi connectivity index (χ0n) is 12.8. The molecule has 6 heteroatoms. The Kier molecular flexibility index (Phi) is 4.18. The summed E-state index contributed by atoms with van der Waals surface area (Å²) in [5, 5.41) is 12.0. The molecule has 0 atom stereocenters. The van der Waals surface area contributed by atoms with Crippen LogP contribution in [-0.2, 0) is 11.3 Å². The van der Waals surface area contributed by atoms with Crippen LogP contribution in [0.15, 0.2) is 17.2 Å². The summed E-state index contributed by atoms with van der Waals surface area (Å²) in [6, 6.07) is 0.291. The summed E-state index contributed by atoms with van der Waals surface area (Å²) in [6.07, 6.45) is 13.0. The largest absolute Gasteiger partial charge is 0.480 e. The van der Waals surface area contributed by atoms with Crippen molar-refractivity contribution < 1.29 is 9.90 Å². The molecule has 2 fully saturated rings. The number of nitrogens with one attached hydrogen (secondary N) is 1. The lowest BCUT2D eigenvalue weighted by Crippen LogP contribution is -2.46. The van der Waals surface area contributed by atoms with E-state index in [4.69, 9.17) is 5.11 Å². The van der Waals surface area contributed by atoms with E-state index in [9.17, 15) is 9.59 Å². The molecule has 2 saturated carbocycles. The average Bonchev–Trinajstić information content (AvgIpc) is 2.68. The zero-order valence-corrected chi connectivity index (χ0v) is 12.8. The number of carboxylic acids is 1. The van der Waals surface area contributed by atoms with E-state index in [2.05, 4.69) is 10.3 Å². The number of anilines is 1. The Labute approximate surface area is 129 Å². The van der Waals surface area contributed by atoms with Gasteiger partial charge in [0.15, 0.2) is 5.82 Å². The van der Waals surface area contributed by atoms with E-state index in [1.165, 1.54) is 55.5 Å². The van der Waals surface area contributed by atoms with Gasteiger partial charge in [0.2, 0.25) is 0 Å². The van der Waals surface area contributed by atoms with E-state index in [0.717, 1.165) is 12.8 Å². The molecule has 2 aliphatic rings. The molecule has 3 rings (SSSR count). The second-order valence-corrected chi connectivity index (χ2v) is 6.77. The van der Waals surface area contributed by atoms with Crippen molar-refractivity contribution in [3.8, 4) is 0 Å². The summed E-state index contributed by atoms with van der Waals surface area (Å²) in [6.45, 7) is -0.329. The fourth-order valence-electron chi connectivity index (χ4n) is 3.98. The third-order valence-electron chi connectivity index (χ3n) is 5.08. The van der Waals surface area contributed by atoms with Crippen molar-refractivity contribution in [3.63, 3.8) is 0 Å². The van der Waals surface area contributed by atoms with Crippen molar-refractivity contribution in [2.24, 2.45) is 5.41 Å². The number of carbonyl (C=O) groups is 1. The number of rotatable bonds is 4. The van der Waals surface area contributed by atoms with Crippen LogP contribution in [0.4, 0.5) is 5.82 Å². The maximum atomic E-state index is 12.2. The topological polar surface area (TPSA) is 84.2 Å². The highest BCUT2D eigenvalue weighted by atomic mass is 16.4. The van der Waals surface area contributed by atoms with E-state index in [1.807, 2.05) is 0 Å². The summed E-state index contributed by atoms with van der Waals surface area (Å²) < 4.78 is 1.18. The third-order valence-corrected chi connectivity index (χ3v) is 5.08. The maximum absolute atomic E-state index is 12.2. The van der Waals surface area contributed by atoms with Crippen LogP contribution < -0.4 is 10.9 Å². The fourth-order valence-corrected chi connectivity index (χ4v) is 3.98. The molecule has 6 nitrogen and oxygen atoms in total. The van der Waals surface area contributed by atoms with Gasteiger partial charge in [-0.1, -0.05) is 25.7 Å². The molecule has 0 aromatic carbocycles. The van der Waals surface area contributed by atoms with Gasteiger partial charge < -0.3 is 10.4 Å². The average molecular weight is 305 g/mol. The van der Waals surface area contributed by atoms with Gasteiger partial charge >= 0.3 is 5.97 Å². The highest BCUT2D eigenvalue weighted by Crippen LogP contribution is 2.51. The van der Waals surface area contributed by atoms with Gasteiger partial charge in [0.1, 0.15) is 6.54 Å². The first kappa shape index (κ1) is 15.1. The molecule has 120 valence electrons. The Balaban J connectivity index is 1.63. The van der Waals surface area contributed by atoms with E-state index in [0.29, 0.717) is 11.5 Å². The molecule has 0 radical (unpaired) electrons. The van der Waals surface area contributed by atoms with Gasteiger partial charge in [0.05, 0.1) is 0 Å². The van der Waals surface area contributed by atoms with Gasteiger partial charge in [-0.25, -0.2) is 4.98 Å². The minimum absolute atomic E-state index is 0.275. The van der Waals surface area contributed by atoms with Crippen molar-refractivity contribution in [2.45, 2.75) is 64.0 Å². The second kappa shape index (κ2) is 6.10. The molecule has 0 bridgehead atoms. The van der Waals surface area contributed by atoms with E-state index in [-0.39, 0.29) is 17.9 Å². The van der Waals surface area contributed by atoms with Crippen LogP contribution in [-0.4, -0.2) is 26.7 Å². The van der Waals surface area contributed by atoms with Crippen LogP contribution >= 0.6 is 0 Å². The van der Waals surface area contributed by atoms with Gasteiger partial charge in [-0.2, -0.15) is 0 Å². The third kappa shape index (κ3) is 3.15. The maximum Gasteiger partial charge on any atom is 0.323 e. The van der Waals surface area contributed by atoms with Crippen LogP contribution in [0.1, 0.15) is 51.4 Å². The number of hydrogen-bond acceptors (Lipinski definition) is 4. The Hall–Kier alpha value is -1.85. The standard InChI is InChI=1S/C16H23N3O3/c20-13(21)11-19-8-7-17-14(15(19)22)18-12-9-16(10-12)5-3-1-2-4-6-16/h7-8,12H,1-6,9-11H2,(H,17,18)(H,20,21). The molecule has 2 aliphatic carbocycles. The number of aromatic nitrogens is 2. The lowest BCUT2D eigenvalue weighted by Gasteiger charge is -2.48. The quantitative estimate of drug-likeness (QED) is 0.891. The lowest BCUT2D eigenvalue weighted by atomic mass is 9.61. The van der Waals surface area contributed by atoms with Gasteiger partial charge in [0.25, 0.3) is 5.56 Å². The molecular weight excluding hydrogens is 282 g/mol. The van der Waals surface area contributed by atoms with Crippen molar-refractivity contribution in [3.05, 3.63) is 22.7 Å². The Morgan fingerprint density at radius 3 is 2.64 bits per heavy atom. The first-order valence-electron chi connectivity index (χ1n) is 8.12. The lowest BCUT2D eigenvalue weighted by molar-refractivity contribution is -0.137. The molecule has 1 heterocycles. The molecule has 1 spiro atoms. The molecule has 0 saturated heterocycles. The number of carboxylic acid groups (broad SMARTS) is 1. The Morgan fingerprint density at radius 2 is 2.00 bits per heavy atom. The van der Waals surface area contributed by atoms with Crippen LogP contribution in [0.2, 0.25) is 0 Å². The van der Waals surface area contributed by atoms with Gasteiger partial charge in [-0.3, -0.25) is 14.2 Å². The zero-order chi connectivity index (χ0) is 15.6. The van der Waals surface area contributed by atoms with Crippen molar-refractivity contribution in [1.82, 2.24) is 9.55 Å². The molecule has 0 unspecified atom stereocenters. The van der Waals surface area contributed by atoms with Crippen LogP contribution in [0.3, 0.4) is 0 Å². The minimum atomic E-state index is -1.03. The highest BCUT2D eigenvalue weighted by Gasteiger charge is 2.43. The predicted molar refractivity (Wildman–Crippen MR) is 82.9 cm³/mol. The highest BCUT2D eigenvalue weighted by molar-refractivity contribution is 5.66. The summed E-state index contributed by atoms with van der Waals surface area (Å²) in [5.74, 6) is -0.752. The van der Waals surface area contributed by atoms with E-state index in [1.54, 1.807) is 0 Å². The Morgan fingerprint density at radius 1 is 1.32 bits per heavy atom. The van der Waals surface area contributed by atoms with Gasteiger partial charge in [-0.05, 0) is 31.1 Å². The summed E-state index contributed by atoms with van der Waals surface area (Å²) >= 11 is 0. The molecular formula is C16H23N3O3. The smallest absolute Gasteiger partial charge is 0.323 e. The summed E-state index contributed by atoms with van der Waals surface area (Å²) in [5.41, 5.74) is 0.120. The normalized spacial score (nSPS) is 21.1. The van der Waals surface area contributed by atoms with Gasteiger partial charge in [-0.15, -0.1) is 0 Å². The van der Waals surface area contributed by atoms with Crippen LogP contribution in [0.25, 0.3) is 0 Å². The number of nitrogens with zero attached hydrogens (tertiary/aromatic N) is 2. The Bertz CT molecular complexity index is 595.